The van der Waals surface area contributed by atoms with E-state index in [-0.39, 0.29) is 27.0 Å². The fourth-order valence-corrected chi connectivity index (χ4v) is 3.61. The molecule has 0 aliphatic rings. The molecule has 3 aromatic rings. The SMILES string of the molecule is N#CC(C(=O)c1cc([N+](=O)[O-])ccc1Cl)c1nc(-c2cccc([N+](=O)[O-])c2)cs1. The van der Waals surface area contributed by atoms with Gasteiger partial charge in [0.25, 0.3) is 11.4 Å². The molecule has 1 aromatic heterocycles. The number of hydrogen-bond acceptors (Lipinski definition) is 8. The number of Topliss-reactive ketones (excluding diaryl/α,β-unsaturated/α-hetero) is 1. The van der Waals surface area contributed by atoms with Crippen LogP contribution >= 0.6 is 22.9 Å². The van der Waals surface area contributed by atoms with Gasteiger partial charge in [0.05, 0.1) is 26.6 Å². The molecule has 2 aromatic carbocycles. The molecule has 11 heteroatoms. The summed E-state index contributed by atoms with van der Waals surface area (Å²) in [5.74, 6) is -2.05. The molecule has 29 heavy (non-hydrogen) atoms. The van der Waals surface area contributed by atoms with Crippen molar-refractivity contribution in [2.45, 2.75) is 5.92 Å². The van der Waals surface area contributed by atoms with Crippen molar-refractivity contribution in [2.24, 2.45) is 0 Å². The van der Waals surface area contributed by atoms with Crippen molar-refractivity contribution >= 4 is 40.1 Å². The number of nitriles is 1. The highest BCUT2D eigenvalue weighted by atomic mass is 35.5. The molecule has 9 nitrogen and oxygen atoms in total. The van der Waals surface area contributed by atoms with Crippen molar-refractivity contribution in [3.63, 3.8) is 0 Å². The minimum atomic E-state index is -1.33. The molecule has 3 rings (SSSR count). The average molecular weight is 429 g/mol. The van der Waals surface area contributed by atoms with Gasteiger partial charge in [0.1, 0.15) is 5.01 Å². The molecule has 0 amide bonds. The van der Waals surface area contributed by atoms with Crippen LogP contribution in [0.4, 0.5) is 11.4 Å². The van der Waals surface area contributed by atoms with Gasteiger partial charge in [-0.05, 0) is 6.07 Å². The van der Waals surface area contributed by atoms with Crippen LogP contribution in [0.1, 0.15) is 21.3 Å². The summed E-state index contributed by atoms with van der Waals surface area (Å²) in [7, 11) is 0. The predicted molar refractivity (Wildman–Crippen MR) is 105 cm³/mol. The van der Waals surface area contributed by atoms with E-state index in [2.05, 4.69) is 4.98 Å². The molecule has 0 bridgehead atoms. The van der Waals surface area contributed by atoms with Crippen molar-refractivity contribution < 1.29 is 14.6 Å². The molecular formula is C18H9ClN4O5S. The lowest BCUT2D eigenvalue weighted by atomic mass is 9.99. The average Bonchev–Trinajstić information content (AvgIpc) is 3.18. The van der Waals surface area contributed by atoms with Crippen molar-refractivity contribution in [3.8, 4) is 17.3 Å². The van der Waals surface area contributed by atoms with E-state index >= 15 is 0 Å². The smallest absolute Gasteiger partial charge is 0.270 e. The zero-order chi connectivity index (χ0) is 21.1. The molecule has 1 heterocycles. The minimum absolute atomic E-state index is 0.0173. The zero-order valence-electron chi connectivity index (χ0n) is 14.3. The van der Waals surface area contributed by atoms with Gasteiger partial charge >= 0.3 is 0 Å². The fourth-order valence-electron chi connectivity index (χ4n) is 2.53. The second-order valence-corrected chi connectivity index (χ2v) is 7.02. The third-order valence-corrected chi connectivity index (χ3v) is 5.18. The first-order valence-electron chi connectivity index (χ1n) is 7.90. The Balaban J connectivity index is 1.96. The summed E-state index contributed by atoms with van der Waals surface area (Å²) in [5, 5.41) is 33.1. The van der Waals surface area contributed by atoms with Crippen LogP contribution < -0.4 is 0 Å². The topological polar surface area (TPSA) is 140 Å². The molecule has 0 aliphatic heterocycles. The summed E-state index contributed by atoms with van der Waals surface area (Å²) in [6, 6.07) is 11.0. The second kappa shape index (κ2) is 8.14. The number of non-ortho nitro benzene ring substituents is 2. The Bertz CT molecular complexity index is 1190. The number of hydrogen-bond donors (Lipinski definition) is 0. The van der Waals surface area contributed by atoms with Crippen LogP contribution in [-0.2, 0) is 0 Å². The third kappa shape index (κ3) is 4.11. The van der Waals surface area contributed by atoms with Gasteiger partial charge in [-0.25, -0.2) is 4.98 Å². The predicted octanol–water partition coefficient (Wildman–Crippen LogP) is 4.77. The lowest BCUT2D eigenvalue weighted by Gasteiger charge is -2.07. The van der Waals surface area contributed by atoms with Crippen LogP contribution in [0.25, 0.3) is 11.3 Å². The Morgan fingerprint density at radius 3 is 2.48 bits per heavy atom. The molecule has 0 spiro atoms. The monoisotopic (exact) mass is 428 g/mol. The minimum Gasteiger partial charge on any atom is -0.292 e. The highest BCUT2D eigenvalue weighted by Crippen LogP contribution is 2.32. The van der Waals surface area contributed by atoms with E-state index in [4.69, 9.17) is 11.6 Å². The number of nitrogens with zero attached hydrogens (tertiary/aromatic N) is 4. The number of halogens is 1. The first-order valence-corrected chi connectivity index (χ1v) is 9.15. The number of aromatic nitrogens is 1. The Labute approximate surface area is 172 Å². The molecule has 144 valence electrons. The van der Waals surface area contributed by atoms with Gasteiger partial charge in [-0.15, -0.1) is 11.3 Å². The number of benzene rings is 2. The van der Waals surface area contributed by atoms with E-state index < -0.39 is 21.5 Å². The summed E-state index contributed by atoms with van der Waals surface area (Å²) in [5.41, 5.74) is 0.227. The van der Waals surface area contributed by atoms with Crippen molar-refractivity contribution in [1.82, 2.24) is 4.98 Å². The van der Waals surface area contributed by atoms with Crippen LogP contribution in [0.2, 0.25) is 5.02 Å². The number of thiazole rings is 1. The quantitative estimate of drug-likeness (QED) is 0.312. The Hall–Kier alpha value is -3.68. The van der Waals surface area contributed by atoms with Crippen LogP contribution in [0.15, 0.2) is 47.8 Å². The van der Waals surface area contributed by atoms with Gasteiger partial charge < -0.3 is 0 Å². The molecule has 0 saturated heterocycles. The van der Waals surface area contributed by atoms with Crippen molar-refractivity contribution in [2.75, 3.05) is 0 Å². The van der Waals surface area contributed by atoms with Gasteiger partial charge in [-0.1, -0.05) is 23.7 Å². The van der Waals surface area contributed by atoms with Crippen molar-refractivity contribution in [1.29, 1.82) is 5.26 Å². The third-order valence-electron chi connectivity index (χ3n) is 3.94. The number of nitro benzene ring substituents is 2. The molecule has 1 unspecified atom stereocenters. The van der Waals surface area contributed by atoms with Gasteiger partial charge in [0.2, 0.25) is 0 Å². The van der Waals surface area contributed by atoms with Crippen molar-refractivity contribution in [3.05, 3.63) is 83.7 Å². The largest absolute Gasteiger partial charge is 0.292 e. The Morgan fingerprint density at radius 1 is 1.14 bits per heavy atom. The highest BCUT2D eigenvalue weighted by Gasteiger charge is 2.28. The number of carbonyl (C=O) groups is 1. The summed E-state index contributed by atoms with van der Waals surface area (Å²) < 4.78 is 0. The molecule has 0 N–H and O–H groups in total. The molecule has 0 aliphatic carbocycles. The maximum absolute atomic E-state index is 12.8. The van der Waals surface area contributed by atoms with Gasteiger partial charge in [-0.2, -0.15) is 5.26 Å². The van der Waals surface area contributed by atoms with E-state index in [1.54, 1.807) is 11.4 Å². The first-order chi connectivity index (χ1) is 13.8. The summed E-state index contributed by atoms with van der Waals surface area (Å²) in [4.78, 5) is 37.8. The maximum Gasteiger partial charge on any atom is 0.270 e. The zero-order valence-corrected chi connectivity index (χ0v) is 15.9. The van der Waals surface area contributed by atoms with Crippen LogP contribution in [-0.4, -0.2) is 20.6 Å². The summed E-state index contributed by atoms with van der Waals surface area (Å²) >= 11 is 7.03. The van der Waals surface area contributed by atoms with Crippen LogP contribution in [0.3, 0.4) is 0 Å². The van der Waals surface area contributed by atoms with Gasteiger partial charge in [-0.3, -0.25) is 25.0 Å². The lowest BCUT2D eigenvalue weighted by Crippen LogP contribution is -2.12. The van der Waals surface area contributed by atoms with E-state index in [0.717, 1.165) is 23.5 Å². The van der Waals surface area contributed by atoms with Gasteiger partial charge in [0.15, 0.2) is 11.7 Å². The summed E-state index contributed by atoms with van der Waals surface area (Å²) in [6.45, 7) is 0. The number of rotatable bonds is 6. The number of carbonyl (C=O) groups excluding carboxylic acids is 1. The normalized spacial score (nSPS) is 11.4. The van der Waals surface area contributed by atoms with E-state index in [1.807, 2.05) is 6.07 Å². The Morgan fingerprint density at radius 2 is 1.83 bits per heavy atom. The van der Waals surface area contributed by atoms with Gasteiger partial charge in [0, 0.05) is 40.8 Å². The van der Waals surface area contributed by atoms with E-state index in [1.165, 1.54) is 24.3 Å². The second-order valence-electron chi connectivity index (χ2n) is 5.73. The van der Waals surface area contributed by atoms with E-state index in [9.17, 15) is 30.3 Å². The lowest BCUT2D eigenvalue weighted by molar-refractivity contribution is -0.385. The molecule has 0 radical (unpaired) electrons. The molecule has 1 atom stereocenters. The molecule has 0 saturated carbocycles. The number of nitro groups is 2. The fraction of sp³-hybridized carbons (Fsp3) is 0.0556. The van der Waals surface area contributed by atoms with Crippen LogP contribution in [0, 0.1) is 31.6 Å². The Kier molecular flexibility index (Phi) is 5.63. The molecule has 0 fully saturated rings. The van der Waals surface area contributed by atoms with Crippen LogP contribution in [0.5, 0.6) is 0 Å². The standard InChI is InChI=1S/C18H9ClN4O5S/c19-15-5-4-12(23(27)28)7-13(15)17(24)14(8-20)18-21-16(9-29-18)10-2-1-3-11(6-10)22(25)26/h1-7,9,14H. The first kappa shape index (κ1) is 20.1. The summed E-state index contributed by atoms with van der Waals surface area (Å²) in [6.07, 6.45) is 0. The highest BCUT2D eigenvalue weighted by molar-refractivity contribution is 7.10. The maximum atomic E-state index is 12.8. The van der Waals surface area contributed by atoms with E-state index in [0.29, 0.717) is 11.3 Å². The number of ketones is 1. The molecular weight excluding hydrogens is 420 g/mol.